The number of nitrogens with zero attached hydrogens (tertiary/aromatic N) is 6. The van der Waals surface area contributed by atoms with Crippen LogP contribution in [0.4, 0.5) is 11.6 Å². The van der Waals surface area contributed by atoms with Crippen LogP contribution in [0.2, 0.25) is 0 Å². The summed E-state index contributed by atoms with van der Waals surface area (Å²) in [5, 5.41) is 8.86. The molecule has 6 nitrogen and oxygen atoms in total. The standard InChI is InChI=1S/C14H16N6/c1-19(7-5-12-4-3-6-16-9-12)13-8-14(18-11-17-13)20(2)10-15/h3-4,6,8-9,11H,5,7H2,1-2H3. The highest BCUT2D eigenvalue weighted by Gasteiger charge is 2.07. The minimum absolute atomic E-state index is 0.589. The van der Waals surface area contributed by atoms with Crippen molar-refractivity contribution in [2.45, 2.75) is 6.42 Å². The molecule has 2 rings (SSSR count). The number of rotatable bonds is 5. The summed E-state index contributed by atoms with van der Waals surface area (Å²) in [5.74, 6) is 1.38. The molecule has 0 radical (unpaired) electrons. The number of hydrogen-bond acceptors (Lipinski definition) is 6. The smallest absolute Gasteiger partial charge is 0.185 e. The van der Waals surface area contributed by atoms with E-state index in [1.165, 1.54) is 16.8 Å². The molecule has 0 bridgehead atoms. The van der Waals surface area contributed by atoms with Gasteiger partial charge in [0.1, 0.15) is 18.0 Å². The summed E-state index contributed by atoms with van der Waals surface area (Å²) in [6.45, 7) is 0.818. The van der Waals surface area contributed by atoms with E-state index in [-0.39, 0.29) is 0 Å². The van der Waals surface area contributed by atoms with E-state index >= 15 is 0 Å². The van der Waals surface area contributed by atoms with E-state index in [0.29, 0.717) is 5.82 Å². The summed E-state index contributed by atoms with van der Waals surface area (Å²) >= 11 is 0. The lowest BCUT2D eigenvalue weighted by Crippen LogP contribution is -2.22. The normalized spacial score (nSPS) is 9.85. The molecule has 2 heterocycles. The number of hydrogen-bond donors (Lipinski definition) is 0. The molecule has 0 saturated carbocycles. The molecule has 2 aromatic rings. The van der Waals surface area contributed by atoms with Gasteiger partial charge >= 0.3 is 0 Å². The van der Waals surface area contributed by atoms with Gasteiger partial charge in [0.15, 0.2) is 6.19 Å². The first-order valence-corrected chi connectivity index (χ1v) is 6.26. The third-order valence-corrected chi connectivity index (χ3v) is 2.98. The maximum absolute atomic E-state index is 8.86. The highest BCUT2D eigenvalue weighted by Crippen LogP contribution is 2.15. The minimum atomic E-state index is 0.589. The Hall–Kier alpha value is -2.68. The van der Waals surface area contributed by atoms with E-state index in [0.717, 1.165) is 18.8 Å². The fourth-order valence-corrected chi connectivity index (χ4v) is 1.74. The number of pyridine rings is 1. The van der Waals surface area contributed by atoms with Crippen molar-refractivity contribution in [3.05, 3.63) is 42.5 Å². The predicted molar refractivity (Wildman–Crippen MR) is 77.3 cm³/mol. The Morgan fingerprint density at radius 3 is 2.75 bits per heavy atom. The van der Waals surface area contributed by atoms with Crippen LogP contribution in [-0.4, -0.2) is 35.6 Å². The van der Waals surface area contributed by atoms with Gasteiger partial charge in [-0.05, 0) is 18.1 Å². The van der Waals surface area contributed by atoms with Gasteiger partial charge in [-0.1, -0.05) is 6.07 Å². The second-order valence-corrected chi connectivity index (χ2v) is 4.43. The van der Waals surface area contributed by atoms with Crippen molar-refractivity contribution in [2.24, 2.45) is 0 Å². The highest BCUT2D eigenvalue weighted by molar-refractivity contribution is 5.51. The van der Waals surface area contributed by atoms with Crippen LogP contribution in [-0.2, 0) is 6.42 Å². The van der Waals surface area contributed by atoms with Gasteiger partial charge in [-0.2, -0.15) is 5.26 Å². The SMILES string of the molecule is CN(C#N)c1cc(N(C)CCc2cccnc2)ncn1. The van der Waals surface area contributed by atoms with Gasteiger partial charge in [0.25, 0.3) is 0 Å². The third-order valence-electron chi connectivity index (χ3n) is 2.98. The van der Waals surface area contributed by atoms with E-state index in [9.17, 15) is 0 Å². The highest BCUT2D eigenvalue weighted by atomic mass is 15.2. The van der Waals surface area contributed by atoms with E-state index in [4.69, 9.17) is 5.26 Å². The van der Waals surface area contributed by atoms with Crippen molar-refractivity contribution >= 4 is 11.6 Å². The van der Waals surface area contributed by atoms with E-state index in [1.54, 1.807) is 19.3 Å². The first-order valence-electron chi connectivity index (χ1n) is 6.26. The van der Waals surface area contributed by atoms with Crippen molar-refractivity contribution in [2.75, 3.05) is 30.4 Å². The molecule has 0 saturated heterocycles. The van der Waals surface area contributed by atoms with Crippen molar-refractivity contribution in [3.8, 4) is 6.19 Å². The molecule has 20 heavy (non-hydrogen) atoms. The maximum Gasteiger partial charge on any atom is 0.185 e. The molecule has 0 aliphatic carbocycles. The fraction of sp³-hybridized carbons (Fsp3) is 0.286. The average molecular weight is 268 g/mol. The first-order chi connectivity index (χ1) is 9.70. The van der Waals surface area contributed by atoms with E-state index < -0.39 is 0 Å². The lowest BCUT2D eigenvalue weighted by atomic mass is 10.2. The van der Waals surface area contributed by atoms with Crippen LogP contribution in [0.5, 0.6) is 0 Å². The quantitative estimate of drug-likeness (QED) is 0.604. The molecular weight excluding hydrogens is 252 g/mol. The zero-order chi connectivity index (χ0) is 14.4. The zero-order valence-electron chi connectivity index (χ0n) is 11.6. The summed E-state index contributed by atoms with van der Waals surface area (Å²) in [4.78, 5) is 15.8. The number of likely N-dealkylation sites (N-methyl/N-ethyl adjacent to an activating group) is 1. The fourth-order valence-electron chi connectivity index (χ4n) is 1.74. The third kappa shape index (κ3) is 3.42. The number of nitriles is 1. The van der Waals surface area contributed by atoms with Crippen molar-refractivity contribution in [1.82, 2.24) is 15.0 Å². The molecule has 0 unspecified atom stereocenters. The number of aromatic nitrogens is 3. The monoisotopic (exact) mass is 268 g/mol. The number of anilines is 2. The Morgan fingerprint density at radius 2 is 2.05 bits per heavy atom. The minimum Gasteiger partial charge on any atom is -0.359 e. The molecule has 0 aliphatic heterocycles. The first kappa shape index (κ1) is 13.7. The summed E-state index contributed by atoms with van der Waals surface area (Å²) in [6, 6.07) is 5.78. The van der Waals surface area contributed by atoms with Gasteiger partial charge in [-0.25, -0.2) is 9.97 Å². The molecule has 2 aromatic heterocycles. The molecule has 0 N–H and O–H groups in total. The van der Waals surface area contributed by atoms with Gasteiger partial charge in [0, 0.05) is 39.1 Å². The maximum atomic E-state index is 8.86. The van der Waals surface area contributed by atoms with Crippen LogP contribution >= 0.6 is 0 Å². The largest absolute Gasteiger partial charge is 0.359 e. The molecule has 0 atom stereocenters. The second kappa shape index (κ2) is 6.48. The van der Waals surface area contributed by atoms with Crippen LogP contribution < -0.4 is 9.80 Å². The Kier molecular flexibility index (Phi) is 4.45. The van der Waals surface area contributed by atoms with Gasteiger partial charge in [-0.15, -0.1) is 0 Å². The van der Waals surface area contributed by atoms with Crippen LogP contribution in [0.3, 0.4) is 0 Å². The van der Waals surface area contributed by atoms with Crippen molar-refractivity contribution < 1.29 is 0 Å². The Balaban J connectivity index is 2.02. The van der Waals surface area contributed by atoms with Crippen LogP contribution in [0, 0.1) is 11.5 Å². The van der Waals surface area contributed by atoms with E-state index in [2.05, 4.69) is 21.0 Å². The summed E-state index contributed by atoms with van der Waals surface area (Å²) in [7, 11) is 3.64. The topological polar surface area (TPSA) is 68.9 Å². The van der Waals surface area contributed by atoms with Crippen molar-refractivity contribution in [1.29, 1.82) is 5.26 Å². The van der Waals surface area contributed by atoms with Gasteiger partial charge in [0.05, 0.1) is 0 Å². The van der Waals surface area contributed by atoms with Gasteiger partial charge in [-0.3, -0.25) is 9.88 Å². The zero-order valence-corrected chi connectivity index (χ0v) is 11.6. The summed E-state index contributed by atoms with van der Waals surface area (Å²) < 4.78 is 0. The van der Waals surface area contributed by atoms with Crippen LogP contribution in [0.15, 0.2) is 36.9 Å². The lowest BCUT2D eigenvalue weighted by molar-refractivity contribution is 0.851. The molecule has 0 spiro atoms. The average Bonchev–Trinajstić information content (AvgIpc) is 2.53. The molecular formula is C14H16N6. The van der Waals surface area contributed by atoms with E-state index in [1.807, 2.05) is 30.4 Å². The predicted octanol–water partition coefficient (Wildman–Crippen LogP) is 1.47. The molecule has 0 aromatic carbocycles. The summed E-state index contributed by atoms with van der Waals surface area (Å²) in [6.07, 6.45) is 8.01. The van der Waals surface area contributed by atoms with Gasteiger partial charge in [0.2, 0.25) is 0 Å². The Morgan fingerprint density at radius 1 is 1.25 bits per heavy atom. The lowest BCUT2D eigenvalue weighted by Gasteiger charge is -2.19. The second-order valence-electron chi connectivity index (χ2n) is 4.43. The molecule has 0 fully saturated rings. The van der Waals surface area contributed by atoms with Crippen molar-refractivity contribution in [3.63, 3.8) is 0 Å². The Bertz CT molecular complexity index is 592. The van der Waals surface area contributed by atoms with Gasteiger partial charge < -0.3 is 4.90 Å². The molecule has 6 heteroatoms. The molecule has 0 aliphatic rings. The Labute approximate surface area is 118 Å². The van der Waals surface area contributed by atoms with Crippen LogP contribution in [0.25, 0.3) is 0 Å². The van der Waals surface area contributed by atoms with Crippen LogP contribution in [0.1, 0.15) is 5.56 Å². The summed E-state index contributed by atoms with van der Waals surface area (Å²) in [5.41, 5.74) is 1.18. The molecule has 0 amide bonds. The molecule has 102 valence electrons.